The van der Waals surface area contributed by atoms with Gasteiger partial charge in [0.05, 0.1) is 16.8 Å². The molecule has 3 heterocycles. The lowest BCUT2D eigenvalue weighted by molar-refractivity contribution is 0.589. The normalized spacial score (nSPS) is 11.9. The molecular weight excluding hydrogens is 360 g/mol. The highest BCUT2D eigenvalue weighted by molar-refractivity contribution is 7.90. The molecule has 0 aliphatic heterocycles. The van der Waals surface area contributed by atoms with Crippen molar-refractivity contribution in [1.29, 1.82) is 0 Å². The summed E-state index contributed by atoms with van der Waals surface area (Å²) in [5, 5.41) is 7.59. The van der Waals surface area contributed by atoms with Crippen LogP contribution < -0.4 is 0 Å². The molecule has 0 atom stereocenters. The summed E-state index contributed by atoms with van der Waals surface area (Å²) in [7, 11) is -3.81. The minimum absolute atomic E-state index is 0.234. The summed E-state index contributed by atoms with van der Waals surface area (Å²) < 4.78 is 28.3. The average Bonchev–Trinajstić information content (AvgIpc) is 3.30. The van der Waals surface area contributed by atoms with Gasteiger partial charge in [0.1, 0.15) is 0 Å². The van der Waals surface area contributed by atoms with Crippen LogP contribution in [0.2, 0.25) is 0 Å². The molecule has 0 saturated heterocycles. The van der Waals surface area contributed by atoms with Crippen LogP contribution >= 0.6 is 0 Å². The Morgan fingerprint density at radius 1 is 1.15 bits per heavy atom. The van der Waals surface area contributed by atoms with Gasteiger partial charge in [0.25, 0.3) is 10.0 Å². The molecule has 0 radical (unpaired) electrons. The van der Waals surface area contributed by atoms with Gasteiger partial charge in [-0.15, -0.1) is 0 Å². The second kappa shape index (κ2) is 6.66. The van der Waals surface area contributed by atoms with E-state index >= 15 is 0 Å². The average molecular weight is 380 g/mol. The smallest absolute Gasteiger partial charge is 0.269 e. The highest BCUT2D eigenvalue weighted by Gasteiger charge is 2.25. The number of benzene rings is 1. The van der Waals surface area contributed by atoms with E-state index < -0.39 is 10.0 Å². The number of pyridine rings is 1. The van der Waals surface area contributed by atoms with E-state index in [0.29, 0.717) is 16.9 Å². The molecule has 1 aromatic carbocycles. The van der Waals surface area contributed by atoms with Gasteiger partial charge in [0, 0.05) is 23.3 Å². The fourth-order valence-electron chi connectivity index (χ4n) is 3.27. The van der Waals surface area contributed by atoms with Gasteiger partial charge in [0.15, 0.2) is 5.65 Å². The molecule has 0 amide bonds. The lowest BCUT2D eigenvalue weighted by Crippen LogP contribution is -2.14. The zero-order valence-corrected chi connectivity index (χ0v) is 16.0. The Labute approximate surface area is 157 Å². The van der Waals surface area contributed by atoms with Crippen molar-refractivity contribution in [2.45, 2.75) is 31.6 Å². The van der Waals surface area contributed by atoms with Crippen molar-refractivity contribution in [1.82, 2.24) is 19.2 Å². The van der Waals surface area contributed by atoms with E-state index in [-0.39, 0.29) is 4.90 Å². The summed E-state index contributed by atoms with van der Waals surface area (Å²) in [4.78, 5) is 4.65. The SMILES string of the molecule is CCCc1ccnc2c1cc(-c1cn[nH]c1)n2S(=O)(=O)c1ccc(C)cc1. The summed E-state index contributed by atoms with van der Waals surface area (Å²) in [5.41, 5.74) is 3.79. The minimum Gasteiger partial charge on any atom is -0.285 e. The predicted octanol–water partition coefficient (Wildman–Crippen LogP) is 3.92. The third-order valence-electron chi connectivity index (χ3n) is 4.62. The molecule has 0 saturated carbocycles. The van der Waals surface area contributed by atoms with Crippen LogP contribution in [-0.2, 0) is 16.4 Å². The van der Waals surface area contributed by atoms with Crippen LogP contribution in [0, 0.1) is 6.92 Å². The first-order chi connectivity index (χ1) is 13.0. The van der Waals surface area contributed by atoms with Crippen molar-refractivity contribution in [3.63, 3.8) is 0 Å². The maximum Gasteiger partial charge on any atom is 0.269 e. The topological polar surface area (TPSA) is 80.6 Å². The van der Waals surface area contributed by atoms with Crippen LogP contribution in [0.4, 0.5) is 0 Å². The number of nitrogens with one attached hydrogen (secondary N) is 1. The molecule has 1 N–H and O–H groups in total. The molecule has 138 valence electrons. The summed E-state index contributed by atoms with van der Waals surface area (Å²) in [6.07, 6.45) is 6.81. The van der Waals surface area contributed by atoms with E-state index in [1.165, 1.54) is 3.97 Å². The van der Waals surface area contributed by atoms with Crippen molar-refractivity contribution in [3.8, 4) is 11.3 Å². The third kappa shape index (κ3) is 2.94. The van der Waals surface area contributed by atoms with Gasteiger partial charge in [0.2, 0.25) is 0 Å². The van der Waals surface area contributed by atoms with E-state index in [4.69, 9.17) is 0 Å². The maximum atomic E-state index is 13.5. The highest BCUT2D eigenvalue weighted by atomic mass is 32.2. The minimum atomic E-state index is -3.81. The van der Waals surface area contributed by atoms with Gasteiger partial charge in [-0.3, -0.25) is 5.10 Å². The van der Waals surface area contributed by atoms with Gasteiger partial charge in [-0.1, -0.05) is 31.0 Å². The molecule has 4 rings (SSSR count). The number of nitrogens with zero attached hydrogens (tertiary/aromatic N) is 3. The number of aromatic nitrogens is 4. The molecule has 3 aromatic heterocycles. The number of hydrogen-bond donors (Lipinski definition) is 1. The Morgan fingerprint density at radius 2 is 1.93 bits per heavy atom. The van der Waals surface area contributed by atoms with Crippen LogP contribution in [0.25, 0.3) is 22.3 Å². The lowest BCUT2D eigenvalue weighted by Gasteiger charge is -2.11. The van der Waals surface area contributed by atoms with Gasteiger partial charge < -0.3 is 0 Å². The van der Waals surface area contributed by atoms with Crippen LogP contribution in [0.3, 0.4) is 0 Å². The van der Waals surface area contributed by atoms with E-state index in [1.54, 1.807) is 42.9 Å². The summed E-state index contributed by atoms with van der Waals surface area (Å²) in [6.45, 7) is 4.03. The second-order valence-corrected chi connectivity index (χ2v) is 8.34. The first-order valence-corrected chi connectivity index (χ1v) is 10.3. The number of H-pyrrole nitrogens is 1. The molecule has 0 aliphatic carbocycles. The second-order valence-electron chi connectivity index (χ2n) is 6.56. The first kappa shape index (κ1) is 17.5. The third-order valence-corrected chi connectivity index (χ3v) is 6.34. The lowest BCUT2D eigenvalue weighted by atomic mass is 10.1. The van der Waals surface area contributed by atoms with Crippen molar-refractivity contribution >= 4 is 21.1 Å². The maximum absolute atomic E-state index is 13.5. The summed E-state index contributed by atoms with van der Waals surface area (Å²) in [5.74, 6) is 0. The van der Waals surface area contributed by atoms with Crippen LogP contribution in [-0.4, -0.2) is 27.6 Å². The van der Waals surface area contributed by atoms with Crippen LogP contribution in [0.5, 0.6) is 0 Å². The summed E-state index contributed by atoms with van der Waals surface area (Å²) >= 11 is 0. The number of hydrogen-bond acceptors (Lipinski definition) is 4. The molecule has 0 unspecified atom stereocenters. The largest absolute Gasteiger partial charge is 0.285 e. The van der Waals surface area contributed by atoms with Crippen molar-refractivity contribution in [2.75, 3.05) is 0 Å². The number of aryl methyl sites for hydroxylation is 2. The van der Waals surface area contributed by atoms with Gasteiger partial charge >= 0.3 is 0 Å². The molecular formula is C20H20N4O2S. The standard InChI is InChI=1S/C20H20N4O2S/c1-3-4-15-9-10-21-20-18(15)11-19(16-12-22-23-13-16)24(20)27(25,26)17-7-5-14(2)6-8-17/h5-13H,3-4H2,1-2H3,(H,22,23). The van der Waals surface area contributed by atoms with Gasteiger partial charge in [-0.2, -0.15) is 5.10 Å². The molecule has 6 nitrogen and oxygen atoms in total. The number of rotatable bonds is 5. The molecule has 0 bridgehead atoms. The van der Waals surface area contributed by atoms with E-state index in [2.05, 4.69) is 22.1 Å². The zero-order chi connectivity index (χ0) is 19.0. The zero-order valence-electron chi connectivity index (χ0n) is 15.2. The fourth-order valence-corrected chi connectivity index (χ4v) is 4.75. The van der Waals surface area contributed by atoms with Crippen LogP contribution in [0.15, 0.2) is 59.9 Å². The van der Waals surface area contributed by atoms with Crippen molar-refractivity contribution < 1.29 is 8.42 Å². The number of aromatic amines is 1. The predicted molar refractivity (Wildman–Crippen MR) is 105 cm³/mol. The Morgan fingerprint density at radius 3 is 2.59 bits per heavy atom. The Bertz CT molecular complexity index is 1190. The number of fused-ring (bicyclic) bond motifs is 1. The van der Waals surface area contributed by atoms with Crippen LogP contribution in [0.1, 0.15) is 24.5 Å². The Hall–Kier alpha value is -2.93. The first-order valence-electron chi connectivity index (χ1n) is 8.83. The molecule has 7 heteroatoms. The van der Waals surface area contributed by atoms with E-state index in [1.807, 2.05) is 19.1 Å². The van der Waals surface area contributed by atoms with Crippen molar-refractivity contribution in [2.24, 2.45) is 0 Å². The van der Waals surface area contributed by atoms with Crippen molar-refractivity contribution in [3.05, 3.63) is 66.1 Å². The highest BCUT2D eigenvalue weighted by Crippen LogP contribution is 2.32. The van der Waals surface area contributed by atoms with Gasteiger partial charge in [-0.25, -0.2) is 17.4 Å². The van der Waals surface area contributed by atoms with E-state index in [0.717, 1.165) is 29.4 Å². The molecule has 4 aromatic rings. The van der Waals surface area contributed by atoms with E-state index in [9.17, 15) is 8.42 Å². The molecule has 0 aliphatic rings. The van der Waals surface area contributed by atoms with Gasteiger partial charge in [-0.05, 0) is 43.2 Å². The quantitative estimate of drug-likeness (QED) is 0.569. The molecule has 0 spiro atoms. The summed E-state index contributed by atoms with van der Waals surface area (Å²) in [6, 6.07) is 10.7. The monoisotopic (exact) mass is 380 g/mol. The molecule has 0 fully saturated rings. The Balaban J connectivity index is 2.05. The molecule has 27 heavy (non-hydrogen) atoms. The fraction of sp³-hybridized carbons (Fsp3) is 0.200. The Kier molecular flexibility index (Phi) is 4.31.